The highest BCUT2D eigenvalue weighted by Crippen LogP contribution is 2.38. The predicted molar refractivity (Wildman–Crippen MR) is 86.7 cm³/mol. The number of hydrogen-bond acceptors (Lipinski definition) is 4. The van der Waals surface area contributed by atoms with Gasteiger partial charge < -0.3 is 15.2 Å². The monoisotopic (exact) mass is 305 g/mol. The second-order valence-corrected chi connectivity index (χ2v) is 6.33. The Labute approximate surface area is 132 Å². The van der Waals surface area contributed by atoms with Gasteiger partial charge in [-0.2, -0.15) is 0 Å². The summed E-state index contributed by atoms with van der Waals surface area (Å²) in [5.41, 5.74) is 2.00. The molecular formula is C18H27NO3. The summed E-state index contributed by atoms with van der Waals surface area (Å²) < 4.78 is 4.70. The Bertz CT molecular complexity index is 458. The number of rotatable bonds is 7. The lowest BCUT2D eigenvalue weighted by molar-refractivity contribution is 0.0600. The van der Waals surface area contributed by atoms with Gasteiger partial charge in [0.05, 0.1) is 12.7 Å². The van der Waals surface area contributed by atoms with Gasteiger partial charge in [0.2, 0.25) is 0 Å². The molecule has 1 aliphatic rings. The average molecular weight is 305 g/mol. The van der Waals surface area contributed by atoms with E-state index in [1.165, 1.54) is 39.2 Å². The first-order valence-electron chi connectivity index (χ1n) is 8.18. The molecule has 4 heteroatoms. The topological polar surface area (TPSA) is 58.6 Å². The smallest absolute Gasteiger partial charge is 0.337 e. The average Bonchev–Trinajstić information content (AvgIpc) is 2.56. The first-order chi connectivity index (χ1) is 10.7. The van der Waals surface area contributed by atoms with Crippen LogP contribution < -0.4 is 5.32 Å². The molecule has 0 bridgehead atoms. The Kier molecular flexibility index (Phi) is 6.40. The summed E-state index contributed by atoms with van der Waals surface area (Å²) in [4.78, 5) is 11.4. The maximum Gasteiger partial charge on any atom is 0.337 e. The molecule has 0 aromatic heterocycles. The zero-order valence-corrected chi connectivity index (χ0v) is 13.4. The van der Waals surface area contributed by atoms with Crippen LogP contribution in [0.25, 0.3) is 0 Å². The molecule has 1 aliphatic carbocycles. The largest absolute Gasteiger partial charge is 0.465 e. The second-order valence-electron chi connectivity index (χ2n) is 6.33. The quantitative estimate of drug-likeness (QED) is 0.761. The minimum Gasteiger partial charge on any atom is -0.465 e. The van der Waals surface area contributed by atoms with Gasteiger partial charge in [-0.3, -0.25) is 0 Å². The SMILES string of the molecule is COC(=O)c1ccc(CNCC2(CCO)CCCCC2)cc1. The van der Waals surface area contributed by atoms with Gasteiger partial charge in [0.1, 0.15) is 0 Å². The number of methoxy groups -OCH3 is 1. The third-order valence-corrected chi connectivity index (χ3v) is 4.76. The van der Waals surface area contributed by atoms with Crippen LogP contribution in [-0.2, 0) is 11.3 Å². The summed E-state index contributed by atoms with van der Waals surface area (Å²) in [6, 6.07) is 7.51. The predicted octanol–water partition coefficient (Wildman–Crippen LogP) is 2.90. The van der Waals surface area contributed by atoms with Crippen LogP contribution in [0.1, 0.15) is 54.4 Å². The summed E-state index contributed by atoms with van der Waals surface area (Å²) in [6.07, 6.45) is 7.18. The van der Waals surface area contributed by atoms with E-state index < -0.39 is 0 Å². The van der Waals surface area contributed by atoms with Gasteiger partial charge in [-0.1, -0.05) is 31.4 Å². The van der Waals surface area contributed by atoms with Crippen LogP contribution in [0.3, 0.4) is 0 Å². The summed E-state index contributed by atoms with van der Waals surface area (Å²) in [5.74, 6) is -0.302. The van der Waals surface area contributed by atoms with Crippen molar-refractivity contribution in [2.75, 3.05) is 20.3 Å². The van der Waals surface area contributed by atoms with Gasteiger partial charge in [0, 0.05) is 19.7 Å². The van der Waals surface area contributed by atoms with E-state index in [9.17, 15) is 9.90 Å². The molecule has 0 amide bonds. The van der Waals surface area contributed by atoms with Gasteiger partial charge >= 0.3 is 5.97 Å². The molecular weight excluding hydrogens is 278 g/mol. The zero-order chi connectivity index (χ0) is 15.8. The number of nitrogens with one attached hydrogen (secondary N) is 1. The van der Waals surface area contributed by atoms with Crippen molar-refractivity contribution < 1.29 is 14.6 Å². The molecule has 0 saturated heterocycles. The second kappa shape index (κ2) is 8.30. The Hall–Kier alpha value is -1.39. The van der Waals surface area contributed by atoms with Gasteiger partial charge in [0.15, 0.2) is 0 Å². The van der Waals surface area contributed by atoms with E-state index >= 15 is 0 Å². The van der Waals surface area contributed by atoms with Crippen molar-refractivity contribution in [1.82, 2.24) is 5.32 Å². The van der Waals surface area contributed by atoms with E-state index in [1.807, 2.05) is 12.1 Å². The van der Waals surface area contributed by atoms with Gasteiger partial charge in [-0.05, 0) is 42.4 Å². The van der Waals surface area contributed by atoms with Gasteiger partial charge in [-0.25, -0.2) is 4.79 Å². The molecule has 1 aromatic rings. The minimum absolute atomic E-state index is 0.263. The summed E-state index contributed by atoms with van der Waals surface area (Å²) >= 11 is 0. The Balaban J connectivity index is 1.85. The Morgan fingerprint density at radius 3 is 2.50 bits per heavy atom. The summed E-state index contributed by atoms with van der Waals surface area (Å²) in [7, 11) is 1.39. The fourth-order valence-electron chi connectivity index (χ4n) is 3.40. The van der Waals surface area contributed by atoms with Crippen LogP contribution >= 0.6 is 0 Å². The standard InChI is InChI=1S/C18H27NO3/c1-22-17(21)16-7-5-15(6-8-16)13-19-14-18(11-12-20)9-3-2-4-10-18/h5-8,19-20H,2-4,9-14H2,1H3. The number of hydrogen-bond donors (Lipinski definition) is 2. The van der Waals surface area contributed by atoms with E-state index in [1.54, 1.807) is 12.1 Å². The Morgan fingerprint density at radius 2 is 1.91 bits per heavy atom. The normalized spacial score (nSPS) is 17.2. The summed E-state index contributed by atoms with van der Waals surface area (Å²) in [5, 5.41) is 12.9. The number of benzene rings is 1. The Morgan fingerprint density at radius 1 is 1.23 bits per heavy atom. The van der Waals surface area contributed by atoms with Crippen molar-refractivity contribution in [3.63, 3.8) is 0 Å². The number of aliphatic hydroxyl groups excluding tert-OH is 1. The maximum absolute atomic E-state index is 11.4. The fraction of sp³-hybridized carbons (Fsp3) is 0.611. The first-order valence-corrected chi connectivity index (χ1v) is 8.18. The number of aliphatic hydroxyl groups is 1. The fourth-order valence-corrected chi connectivity index (χ4v) is 3.40. The van der Waals surface area contributed by atoms with Crippen molar-refractivity contribution >= 4 is 5.97 Å². The van der Waals surface area contributed by atoms with Crippen LogP contribution in [0.2, 0.25) is 0 Å². The van der Waals surface area contributed by atoms with Gasteiger partial charge in [0.25, 0.3) is 0 Å². The molecule has 0 radical (unpaired) electrons. The molecule has 122 valence electrons. The molecule has 0 spiro atoms. The third kappa shape index (κ3) is 4.55. The third-order valence-electron chi connectivity index (χ3n) is 4.76. The van der Waals surface area contributed by atoms with Crippen LogP contribution in [0.5, 0.6) is 0 Å². The molecule has 4 nitrogen and oxygen atoms in total. The molecule has 0 unspecified atom stereocenters. The van der Waals surface area contributed by atoms with E-state index in [4.69, 9.17) is 4.74 Å². The molecule has 2 N–H and O–H groups in total. The molecule has 1 aromatic carbocycles. The van der Waals surface area contributed by atoms with Gasteiger partial charge in [-0.15, -0.1) is 0 Å². The molecule has 1 saturated carbocycles. The summed E-state index contributed by atoms with van der Waals surface area (Å²) in [6.45, 7) is 2.01. The van der Waals surface area contributed by atoms with Crippen molar-refractivity contribution in [2.45, 2.75) is 45.1 Å². The van der Waals surface area contributed by atoms with Crippen LogP contribution in [0.15, 0.2) is 24.3 Å². The molecule has 0 aliphatic heterocycles. The lowest BCUT2D eigenvalue weighted by atomic mass is 9.72. The highest BCUT2D eigenvalue weighted by atomic mass is 16.5. The zero-order valence-electron chi connectivity index (χ0n) is 13.4. The lowest BCUT2D eigenvalue weighted by Crippen LogP contribution is -2.36. The molecule has 22 heavy (non-hydrogen) atoms. The van der Waals surface area contributed by atoms with Crippen molar-refractivity contribution in [1.29, 1.82) is 0 Å². The molecule has 1 fully saturated rings. The maximum atomic E-state index is 11.4. The van der Waals surface area contributed by atoms with Crippen molar-refractivity contribution in [2.24, 2.45) is 5.41 Å². The number of carbonyl (C=O) groups is 1. The van der Waals surface area contributed by atoms with E-state index in [0.717, 1.165) is 25.1 Å². The highest BCUT2D eigenvalue weighted by molar-refractivity contribution is 5.89. The van der Waals surface area contributed by atoms with Crippen LogP contribution in [0.4, 0.5) is 0 Å². The number of ether oxygens (including phenoxy) is 1. The van der Waals surface area contributed by atoms with E-state index in [0.29, 0.717) is 5.56 Å². The minimum atomic E-state index is -0.302. The molecule has 0 heterocycles. The van der Waals surface area contributed by atoms with Crippen LogP contribution in [0, 0.1) is 5.41 Å². The van der Waals surface area contributed by atoms with Crippen LogP contribution in [-0.4, -0.2) is 31.3 Å². The van der Waals surface area contributed by atoms with E-state index in [-0.39, 0.29) is 18.0 Å². The molecule has 2 rings (SSSR count). The number of esters is 1. The van der Waals surface area contributed by atoms with E-state index in [2.05, 4.69) is 5.32 Å². The highest BCUT2D eigenvalue weighted by Gasteiger charge is 2.30. The lowest BCUT2D eigenvalue weighted by Gasteiger charge is -2.37. The number of carbonyl (C=O) groups excluding carboxylic acids is 1. The first kappa shape index (κ1) is 17.0. The van der Waals surface area contributed by atoms with Crippen molar-refractivity contribution in [3.05, 3.63) is 35.4 Å². The van der Waals surface area contributed by atoms with Crippen molar-refractivity contribution in [3.8, 4) is 0 Å². The molecule has 0 atom stereocenters.